The summed E-state index contributed by atoms with van der Waals surface area (Å²) in [4.78, 5) is 50.6. The Bertz CT molecular complexity index is 601. The molecule has 1 heterocycles. The zero-order chi connectivity index (χ0) is 19.3. The highest BCUT2D eigenvalue weighted by molar-refractivity contribution is 6.22. The summed E-state index contributed by atoms with van der Waals surface area (Å²) in [5, 5.41) is 2.72. The van der Waals surface area contributed by atoms with E-state index in [2.05, 4.69) is 5.32 Å². The van der Waals surface area contributed by atoms with Crippen molar-refractivity contribution < 1.29 is 23.9 Å². The molecule has 1 amide bonds. The number of esters is 1. The van der Waals surface area contributed by atoms with Crippen LogP contribution in [0.3, 0.4) is 0 Å². The molecule has 2 aliphatic rings. The van der Waals surface area contributed by atoms with E-state index >= 15 is 0 Å². The number of Topliss-reactive ketones (excluding diaryl/α,β-unsaturated/α-hetero) is 2. The van der Waals surface area contributed by atoms with Gasteiger partial charge in [0, 0.05) is 32.1 Å². The van der Waals surface area contributed by atoms with Gasteiger partial charge in [-0.1, -0.05) is 27.2 Å². The van der Waals surface area contributed by atoms with E-state index in [4.69, 9.17) is 4.74 Å². The quantitative estimate of drug-likeness (QED) is 0.331. The fraction of sp³-hybridized carbons (Fsp3) is 0.684. The lowest BCUT2D eigenvalue weighted by atomic mass is 9.74. The summed E-state index contributed by atoms with van der Waals surface area (Å²) in [5.74, 6) is -1.16. The lowest BCUT2D eigenvalue weighted by Gasteiger charge is -2.35. The smallest absolute Gasteiger partial charge is 0.308 e. The van der Waals surface area contributed by atoms with Crippen molar-refractivity contribution in [1.82, 2.24) is 10.2 Å². The predicted molar refractivity (Wildman–Crippen MR) is 95.1 cm³/mol. The Labute approximate surface area is 154 Å². The van der Waals surface area contributed by atoms with Crippen molar-refractivity contribution in [3.8, 4) is 0 Å². The maximum Gasteiger partial charge on any atom is 0.308 e. The minimum Gasteiger partial charge on any atom is -0.466 e. The first kappa shape index (κ1) is 20.1. The molecule has 7 nitrogen and oxygen atoms in total. The van der Waals surface area contributed by atoms with Crippen molar-refractivity contribution in [2.45, 2.75) is 58.9 Å². The maximum atomic E-state index is 12.4. The largest absolute Gasteiger partial charge is 0.466 e. The van der Waals surface area contributed by atoms with E-state index in [1.54, 1.807) is 4.90 Å². The van der Waals surface area contributed by atoms with E-state index in [0.717, 1.165) is 12.8 Å². The van der Waals surface area contributed by atoms with Crippen LogP contribution in [-0.2, 0) is 23.9 Å². The van der Waals surface area contributed by atoms with Crippen LogP contribution < -0.4 is 5.32 Å². The van der Waals surface area contributed by atoms with Gasteiger partial charge >= 0.3 is 5.97 Å². The van der Waals surface area contributed by atoms with Crippen LogP contribution in [0.15, 0.2) is 11.8 Å². The second-order valence-corrected chi connectivity index (χ2v) is 7.73. The lowest BCUT2D eigenvalue weighted by molar-refractivity contribution is -0.147. The third-order valence-corrected chi connectivity index (χ3v) is 4.67. The Hall–Kier alpha value is -2.18. The molecule has 0 bridgehead atoms. The van der Waals surface area contributed by atoms with E-state index in [0.29, 0.717) is 32.5 Å². The summed E-state index contributed by atoms with van der Waals surface area (Å²) < 4.78 is 5.14. The van der Waals surface area contributed by atoms with E-state index in [1.807, 2.05) is 20.8 Å². The molecule has 0 radical (unpaired) electrons. The van der Waals surface area contributed by atoms with Gasteiger partial charge < -0.3 is 15.0 Å². The van der Waals surface area contributed by atoms with E-state index in [-0.39, 0.29) is 34.9 Å². The van der Waals surface area contributed by atoms with Gasteiger partial charge in [-0.15, -0.1) is 0 Å². The van der Waals surface area contributed by atoms with Crippen LogP contribution in [0, 0.1) is 5.41 Å². The molecule has 1 aliphatic heterocycles. The van der Waals surface area contributed by atoms with Crippen LogP contribution in [0.2, 0.25) is 0 Å². The van der Waals surface area contributed by atoms with E-state index in [9.17, 15) is 19.2 Å². The predicted octanol–water partition coefficient (Wildman–Crippen LogP) is 1.36. The molecule has 1 aliphatic carbocycles. The van der Waals surface area contributed by atoms with Crippen molar-refractivity contribution in [3.05, 3.63) is 11.8 Å². The normalized spacial score (nSPS) is 22.9. The molecule has 1 saturated carbocycles. The third kappa shape index (κ3) is 5.16. The number of carbonyl (C=O) groups is 4. The molecule has 26 heavy (non-hydrogen) atoms. The van der Waals surface area contributed by atoms with Crippen LogP contribution >= 0.6 is 0 Å². The van der Waals surface area contributed by atoms with Gasteiger partial charge in [0.2, 0.25) is 5.91 Å². The van der Waals surface area contributed by atoms with Crippen LogP contribution in [0.5, 0.6) is 0 Å². The number of hydrogen-bond donors (Lipinski definition) is 1. The molecular weight excluding hydrogens is 336 g/mol. The van der Waals surface area contributed by atoms with Gasteiger partial charge in [0.05, 0.1) is 18.6 Å². The summed E-state index contributed by atoms with van der Waals surface area (Å²) in [6.07, 6.45) is 3.66. The molecule has 1 unspecified atom stereocenters. The monoisotopic (exact) mass is 364 g/mol. The standard InChI is InChI=1S/C19H28N2O5/c1-4-5-8-26-17(24)9-14-18(25)20-6-7-21(14)12-13-15(22)10-19(2,3)11-16(13)23/h12,14H,4-11H2,1-3H3,(H,20,25). The molecule has 1 atom stereocenters. The highest BCUT2D eigenvalue weighted by Gasteiger charge is 2.37. The van der Waals surface area contributed by atoms with Crippen LogP contribution in [0.25, 0.3) is 0 Å². The number of rotatable bonds is 6. The first-order chi connectivity index (χ1) is 12.2. The minimum absolute atomic E-state index is 0.104. The highest BCUT2D eigenvalue weighted by atomic mass is 16.5. The first-order valence-electron chi connectivity index (χ1n) is 9.21. The maximum absolute atomic E-state index is 12.4. The zero-order valence-corrected chi connectivity index (χ0v) is 15.8. The molecule has 0 aromatic heterocycles. The van der Waals surface area contributed by atoms with Crippen molar-refractivity contribution in [1.29, 1.82) is 0 Å². The third-order valence-electron chi connectivity index (χ3n) is 4.67. The zero-order valence-electron chi connectivity index (χ0n) is 15.8. The molecule has 2 rings (SSSR count). The fourth-order valence-electron chi connectivity index (χ4n) is 3.23. The Morgan fingerprint density at radius 2 is 1.92 bits per heavy atom. The van der Waals surface area contributed by atoms with E-state index in [1.165, 1.54) is 6.20 Å². The topological polar surface area (TPSA) is 92.8 Å². The Balaban J connectivity index is 2.12. The number of nitrogens with one attached hydrogen (secondary N) is 1. The highest BCUT2D eigenvalue weighted by Crippen LogP contribution is 2.34. The minimum atomic E-state index is -0.763. The molecule has 144 valence electrons. The first-order valence-corrected chi connectivity index (χ1v) is 9.21. The Morgan fingerprint density at radius 1 is 1.27 bits per heavy atom. The SMILES string of the molecule is CCCCOC(=O)CC1C(=O)NCCN1C=C1C(=O)CC(C)(C)CC1=O. The lowest BCUT2D eigenvalue weighted by Crippen LogP contribution is -2.54. The number of nitrogens with zero attached hydrogens (tertiary/aromatic N) is 1. The van der Waals surface area contributed by atoms with Gasteiger partial charge in [0.25, 0.3) is 0 Å². The number of hydrogen-bond acceptors (Lipinski definition) is 6. The second-order valence-electron chi connectivity index (χ2n) is 7.73. The Morgan fingerprint density at radius 3 is 2.54 bits per heavy atom. The summed E-state index contributed by atoms with van der Waals surface area (Å²) in [7, 11) is 0. The van der Waals surface area contributed by atoms with Gasteiger partial charge in [0.15, 0.2) is 11.6 Å². The van der Waals surface area contributed by atoms with Crippen molar-refractivity contribution in [3.63, 3.8) is 0 Å². The van der Waals surface area contributed by atoms with Crippen LogP contribution in [-0.4, -0.2) is 54.1 Å². The molecule has 1 N–H and O–H groups in total. The van der Waals surface area contributed by atoms with Crippen LogP contribution in [0.1, 0.15) is 52.9 Å². The number of ketones is 2. The summed E-state index contributed by atoms with van der Waals surface area (Å²) in [6.45, 7) is 6.95. The van der Waals surface area contributed by atoms with Gasteiger partial charge in [-0.05, 0) is 11.8 Å². The van der Waals surface area contributed by atoms with Crippen LogP contribution in [0.4, 0.5) is 0 Å². The Kier molecular flexibility index (Phi) is 6.56. The molecule has 0 spiro atoms. The average molecular weight is 364 g/mol. The van der Waals surface area contributed by atoms with E-state index < -0.39 is 12.0 Å². The average Bonchev–Trinajstić information content (AvgIpc) is 2.53. The molecule has 7 heteroatoms. The number of amides is 1. The molecule has 0 aromatic rings. The molecular formula is C19H28N2O5. The molecule has 2 fully saturated rings. The number of allylic oxidation sites excluding steroid dienone is 1. The van der Waals surface area contributed by atoms with Gasteiger partial charge in [-0.25, -0.2) is 0 Å². The molecule has 1 saturated heterocycles. The number of carbonyl (C=O) groups excluding carboxylic acids is 4. The summed E-state index contributed by atoms with van der Waals surface area (Å²) in [6, 6.07) is -0.763. The van der Waals surface area contributed by atoms with Gasteiger partial charge in [-0.2, -0.15) is 0 Å². The fourth-order valence-corrected chi connectivity index (χ4v) is 3.23. The number of piperazine rings is 1. The number of ether oxygens (including phenoxy) is 1. The summed E-state index contributed by atoms with van der Waals surface area (Å²) in [5.41, 5.74) is -0.212. The number of unbranched alkanes of at least 4 members (excludes halogenated alkanes) is 1. The van der Waals surface area contributed by atoms with Crippen molar-refractivity contribution >= 4 is 23.4 Å². The van der Waals surface area contributed by atoms with Gasteiger partial charge in [-0.3, -0.25) is 19.2 Å². The van der Waals surface area contributed by atoms with Gasteiger partial charge in [0.1, 0.15) is 6.04 Å². The summed E-state index contributed by atoms with van der Waals surface area (Å²) >= 11 is 0. The van der Waals surface area contributed by atoms with Crippen molar-refractivity contribution in [2.75, 3.05) is 19.7 Å². The molecule has 0 aromatic carbocycles. The second kappa shape index (κ2) is 8.47. The van der Waals surface area contributed by atoms with Crippen molar-refractivity contribution in [2.24, 2.45) is 5.41 Å².